The van der Waals surface area contributed by atoms with E-state index >= 15 is 0 Å². The van der Waals surface area contributed by atoms with Crippen molar-refractivity contribution in [3.63, 3.8) is 0 Å². The number of nitrogens with zero attached hydrogens (tertiary/aromatic N) is 1. The second kappa shape index (κ2) is 2.47. The van der Waals surface area contributed by atoms with E-state index < -0.39 is 0 Å². The van der Waals surface area contributed by atoms with Gasteiger partial charge in [0.05, 0.1) is 13.8 Å². The maximum Gasteiger partial charge on any atom is 0.0943 e. The number of thiophene rings is 1. The van der Waals surface area contributed by atoms with E-state index in [0.29, 0.717) is 0 Å². The normalized spacial score (nSPS) is 10.5. The molecule has 0 unspecified atom stereocenters. The highest BCUT2D eigenvalue weighted by molar-refractivity contribution is 14.1. The van der Waals surface area contributed by atoms with Gasteiger partial charge >= 0.3 is 0 Å². The molecular weight excluding hydrogens is 257 g/mol. The van der Waals surface area contributed by atoms with Crippen LogP contribution >= 0.6 is 33.9 Å². The van der Waals surface area contributed by atoms with E-state index in [1.807, 2.05) is 12.3 Å². The number of hydrogen-bond acceptors (Lipinski definition) is 2. The van der Waals surface area contributed by atoms with Crippen molar-refractivity contribution in [2.45, 2.75) is 0 Å². The van der Waals surface area contributed by atoms with Gasteiger partial charge in [0.1, 0.15) is 0 Å². The molecule has 0 spiro atoms. The molecule has 0 aliphatic heterocycles. The molecule has 0 aromatic carbocycles. The third kappa shape index (κ3) is 0.932. The van der Waals surface area contributed by atoms with Crippen LogP contribution in [0.1, 0.15) is 0 Å². The SMILES string of the molecule is Ic1csc2cccnc12. The summed E-state index contributed by atoms with van der Waals surface area (Å²) in [6.45, 7) is 0. The van der Waals surface area contributed by atoms with Crippen LogP contribution in [0.2, 0.25) is 0 Å². The lowest BCUT2D eigenvalue weighted by molar-refractivity contribution is 1.42. The molecule has 1 nitrogen and oxygen atoms in total. The Bertz CT molecular complexity index is 355. The van der Waals surface area contributed by atoms with Crippen LogP contribution in [0.5, 0.6) is 0 Å². The predicted octanol–water partition coefficient (Wildman–Crippen LogP) is 2.90. The number of rotatable bonds is 0. The van der Waals surface area contributed by atoms with E-state index in [2.05, 4.69) is 39.0 Å². The predicted molar refractivity (Wildman–Crippen MR) is 52.3 cm³/mol. The van der Waals surface area contributed by atoms with Crippen molar-refractivity contribution in [3.8, 4) is 0 Å². The van der Waals surface area contributed by atoms with Crippen molar-refractivity contribution >= 4 is 44.1 Å². The first kappa shape index (κ1) is 6.54. The Morgan fingerprint density at radius 3 is 3.20 bits per heavy atom. The Hall–Kier alpha value is -0.160. The number of hydrogen-bond donors (Lipinski definition) is 0. The van der Waals surface area contributed by atoms with E-state index in [4.69, 9.17) is 0 Å². The van der Waals surface area contributed by atoms with E-state index in [-0.39, 0.29) is 0 Å². The Kier molecular flexibility index (Phi) is 1.61. The summed E-state index contributed by atoms with van der Waals surface area (Å²) >= 11 is 4.05. The highest BCUT2D eigenvalue weighted by atomic mass is 127. The first-order chi connectivity index (χ1) is 4.88. The molecule has 0 saturated heterocycles. The number of fused-ring (bicyclic) bond motifs is 1. The van der Waals surface area contributed by atoms with Gasteiger partial charge in [-0.15, -0.1) is 11.3 Å². The molecule has 0 saturated carbocycles. The first-order valence-corrected chi connectivity index (χ1v) is 4.81. The molecule has 0 N–H and O–H groups in total. The number of aromatic nitrogens is 1. The van der Waals surface area contributed by atoms with E-state index in [0.717, 1.165) is 5.52 Å². The van der Waals surface area contributed by atoms with Crippen LogP contribution in [0.3, 0.4) is 0 Å². The van der Waals surface area contributed by atoms with Crippen molar-refractivity contribution < 1.29 is 0 Å². The third-order valence-corrected chi connectivity index (χ3v) is 3.47. The summed E-state index contributed by atoms with van der Waals surface area (Å²) in [7, 11) is 0. The second-order valence-corrected chi connectivity index (χ2v) is 4.01. The summed E-state index contributed by atoms with van der Waals surface area (Å²) < 4.78 is 2.52. The smallest absolute Gasteiger partial charge is 0.0943 e. The minimum Gasteiger partial charge on any atom is -0.254 e. The molecule has 0 aliphatic carbocycles. The highest BCUT2D eigenvalue weighted by Crippen LogP contribution is 2.24. The van der Waals surface area contributed by atoms with Gasteiger partial charge in [0, 0.05) is 11.6 Å². The quantitative estimate of drug-likeness (QED) is 0.664. The fourth-order valence-corrected chi connectivity index (χ4v) is 2.60. The van der Waals surface area contributed by atoms with Crippen molar-refractivity contribution in [3.05, 3.63) is 27.3 Å². The van der Waals surface area contributed by atoms with Crippen molar-refractivity contribution in [2.75, 3.05) is 0 Å². The molecule has 0 aliphatic rings. The molecule has 0 bridgehead atoms. The van der Waals surface area contributed by atoms with Gasteiger partial charge in [0.25, 0.3) is 0 Å². The molecule has 2 aromatic heterocycles. The van der Waals surface area contributed by atoms with Gasteiger partial charge in [-0.2, -0.15) is 0 Å². The van der Waals surface area contributed by atoms with Crippen LogP contribution < -0.4 is 0 Å². The van der Waals surface area contributed by atoms with E-state index in [1.54, 1.807) is 11.3 Å². The first-order valence-electron chi connectivity index (χ1n) is 2.85. The average molecular weight is 261 g/mol. The number of halogens is 1. The van der Waals surface area contributed by atoms with Crippen LogP contribution in [0.25, 0.3) is 10.2 Å². The third-order valence-electron chi connectivity index (χ3n) is 1.29. The molecule has 3 heteroatoms. The average Bonchev–Trinajstić information content (AvgIpc) is 2.34. The maximum absolute atomic E-state index is 4.24. The molecule has 2 aromatic rings. The van der Waals surface area contributed by atoms with Gasteiger partial charge in [-0.3, -0.25) is 4.98 Å². The van der Waals surface area contributed by atoms with Gasteiger partial charge in [-0.25, -0.2) is 0 Å². The lowest BCUT2D eigenvalue weighted by atomic mass is 10.4. The summed E-state index contributed by atoms with van der Waals surface area (Å²) in [5, 5.41) is 2.12. The zero-order chi connectivity index (χ0) is 6.97. The molecule has 2 rings (SSSR count). The molecule has 0 fully saturated rings. The van der Waals surface area contributed by atoms with Crippen LogP contribution in [0.4, 0.5) is 0 Å². The Balaban J connectivity index is 2.93. The van der Waals surface area contributed by atoms with E-state index in [1.165, 1.54) is 8.27 Å². The molecule has 0 amide bonds. The Morgan fingerprint density at radius 2 is 2.40 bits per heavy atom. The fraction of sp³-hybridized carbons (Fsp3) is 0. The highest BCUT2D eigenvalue weighted by Gasteiger charge is 1.98. The van der Waals surface area contributed by atoms with Crippen molar-refractivity contribution in [1.29, 1.82) is 0 Å². The molecule has 50 valence electrons. The van der Waals surface area contributed by atoms with Gasteiger partial charge in [-0.1, -0.05) is 0 Å². The summed E-state index contributed by atoms with van der Waals surface area (Å²) in [5.41, 5.74) is 1.13. The fourth-order valence-electron chi connectivity index (χ4n) is 0.836. The maximum atomic E-state index is 4.24. The standard InChI is InChI=1S/C7H4INS/c8-5-4-10-6-2-1-3-9-7(5)6/h1-4H. The second-order valence-electron chi connectivity index (χ2n) is 1.93. The minimum absolute atomic E-state index is 1.13. The summed E-state index contributed by atoms with van der Waals surface area (Å²) in [6.07, 6.45) is 1.83. The van der Waals surface area contributed by atoms with E-state index in [9.17, 15) is 0 Å². The monoisotopic (exact) mass is 261 g/mol. The van der Waals surface area contributed by atoms with Crippen LogP contribution in [-0.4, -0.2) is 4.98 Å². The summed E-state index contributed by atoms with van der Waals surface area (Å²) in [4.78, 5) is 4.24. The summed E-state index contributed by atoms with van der Waals surface area (Å²) in [5.74, 6) is 0. The van der Waals surface area contributed by atoms with Crippen molar-refractivity contribution in [1.82, 2.24) is 4.98 Å². The topological polar surface area (TPSA) is 12.9 Å². The number of pyridine rings is 1. The largest absolute Gasteiger partial charge is 0.254 e. The molecule has 2 heterocycles. The minimum atomic E-state index is 1.13. The molecule has 10 heavy (non-hydrogen) atoms. The Morgan fingerprint density at radius 1 is 1.50 bits per heavy atom. The molecule has 0 radical (unpaired) electrons. The lowest BCUT2D eigenvalue weighted by Gasteiger charge is -1.84. The zero-order valence-electron chi connectivity index (χ0n) is 5.04. The zero-order valence-corrected chi connectivity index (χ0v) is 8.02. The lowest BCUT2D eigenvalue weighted by Crippen LogP contribution is -1.70. The Labute approximate surface area is 76.2 Å². The van der Waals surface area contributed by atoms with Crippen LogP contribution in [0.15, 0.2) is 23.7 Å². The molecule has 0 atom stereocenters. The van der Waals surface area contributed by atoms with Gasteiger partial charge in [0.2, 0.25) is 0 Å². The van der Waals surface area contributed by atoms with Gasteiger partial charge in [0.15, 0.2) is 0 Å². The van der Waals surface area contributed by atoms with Gasteiger partial charge in [-0.05, 0) is 34.7 Å². The van der Waals surface area contributed by atoms with Crippen LogP contribution in [-0.2, 0) is 0 Å². The molecular formula is C7H4INS. The van der Waals surface area contributed by atoms with Crippen molar-refractivity contribution in [2.24, 2.45) is 0 Å². The summed E-state index contributed by atoms with van der Waals surface area (Å²) in [6, 6.07) is 4.06. The van der Waals surface area contributed by atoms with Gasteiger partial charge < -0.3 is 0 Å². The van der Waals surface area contributed by atoms with Crippen LogP contribution in [0, 0.1) is 3.57 Å².